The molecule has 13 heteroatoms. The van der Waals surface area contributed by atoms with Gasteiger partial charge in [-0.3, -0.25) is 19.2 Å². The standard InChI is InChI=1S/C19H26N4O7S2/c20-11(6-10-4-2-1-3-5-10)16(26)21-12(7-15(24)25)17(27)22-13(8-31)18(28)23-14(9-32)19(29)30/h1-5,11-14,31-32H,6-9,20H2,(H,21,26)(H,22,27)(H,23,28)(H,24,25)(H,29,30). The van der Waals surface area contributed by atoms with Crippen molar-refractivity contribution in [3.05, 3.63) is 35.9 Å². The number of carbonyl (C=O) groups is 5. The van der Waals surface area contributed by atoms with E-state index in [0.717, 1.165) is 5.56 Å². The highest BCUT2D eigenvalue weighted by molar-refractivity contribution is 7.80. The SMILES string of the molecule is NC(Cc1ccccc1)C(=O)NC(CC(=O)O)C(=O)NC(CS)C(=O)NC(CS)C(=O)O. The Kier molecular flexibility index (Phi) is 11.6. The van der Waals surface area contributed by atoms with Crippen LogP contribution < -0.4 is 21.7 Å². The first-order valence-corrected chi connectivity index (χ1v) is 10.7. The van der Waals surface area contributed by atoms with Gasteiger partial charge in [-0.1, -0.05) is 30.3 Å². The van der Waals surface area contributed by atoms with Gasteiger partial charge in [-0.15, -0.1) is 0 Å². The van der Waals surface area contributed by atoms with E-state index in [1.54, 1.807) is 30.3 Å². The van der Waals surface area contributed by atoms with Gasteiger partial charge in [0.25, 0.3) is 0 Å². The van der Waals surface area contributed by atoms with Gasteiger partial charge in [-0.25, -0.2) is 4.79 Å². The lowest BCUT2D eigenvalue weighted by atomic mass is 10.1. The number of carboxylic acid groups (broad SMARTS) is 2. The largest absolute Gasteiger partial charge is 0.481 e. The molecule has 0 aromatic heterocycles. The Balaban J connectivity index is 2.82. The van der Waals surface area contributed by atoms with Crippen LogP contribution >= 0.6 is 25.3 Å². The summed E-state index contributed by atoms with van der Waals surface area (Å²) < 4.78 is 0. The maximum Gasteiger partial charge on any atom is 0.327 e. The molecule has 1 aromatic rings. The van der Waals surface area contributed by atoms with E-state index in [1.807, 2.05) is 0 Å². The molecule has 7 N–H and O–H groups in total. The number of thiol groups is 2. The Hall–Kier alpha value is -2.77. The van der Waals surface area contributed by atoms with Crippen LogP contribution in [0.3, 0.4) is 0 Å². The lowest BCUT2D eigenvalue weighted by Gasteiger charge is -2.23. The fraction of sp³-hybridized carbons (Fsp3) is 0.421. The van der Waals surface area contributed by atoms with Crippen molar-refractivity contribution >= 4 is 54.9 Å². The van der Waals surface area contributed by atoms with Crippen molar-refractivity contribution in [2.75, 3.05) is 11.5 Å². The second kappa shape index (κ2) is 13.6. The third-order valence-corrected chi connectivity index (χ3v) is 4.99. The van der Waals surface area contributed by atoms with Crippen molar-refractivity contribution in [2.45, 2.75) is 37.0 Å². The Morgan fingerprint density at radius 1 is 0.812 bits per heavy atom. The molecule has 0 aliphatic carbocycles. The van der Waals surface area contributed by atoms with Crippen LogP contribution in [0.5, 0.6) is 0 Å². The Bertz CT molecular complexity index is 825. The van der Waals surface area contributed by atoms with Crippen LogP contribution in [0.25, 0.3) is 0 Å². The van der Waals surface area contributed by atoms with Gasteiger partial charge in [0, 0.05) is 11.5 Å². The topological polar surface area (TPSA) is 188 Å². The molecule has 0 saturated heterocycles. The first-order chi connectivity index (χ1) is 15.1. The van der Waals surface area contributed by atoms with Crippen LogP contribution in [-0.2, 0) is 30.4 Å². The Morgan fingerprint density at radius 2 is 1.31 bits per heavy atom. The number of nitrogens with one attached hydrogen (secondary N) is 3. The minimum absolute atomic E-state index is 0.163. The number of hydrogen-bond acceptors (Lipinski definition) is 8. The normalized spacial score (nSPS) is 14.3. The molecule has 0 spiro atoms. The highest BCUT2D eigenvalue weighted by atomic mass is 32.1. The predicted octanol–water partition coefficient (Wildman–Crippen LogP) is -1.57. The number of amides is 3. The second-order valence-electron chi connectivity index (χ2n) is 6.78. The monoisotopic (exact) mass is 486 g/mol. The zero-order valence-electron chi connectivity index (χ0n) is 16.9. The van der Waals surface area contributed by atoms with E-state index in [9.17, 15) is 24.0 Å². The molecule has 0 aliphatic rings. The van der Waals surface area contributed by atoms with E-state index in [2.05, 4.69) is 41.2 Å². The van der Waals surface area contributed by atoms with Gasteiger partial charge in [0.2, 0.25) is 17.7 Å². The van der Waals surface area contributed by atoms with Crippen LogP contribution in [0.2, 0.25) is 0 Å². The van der Waals surface area contributed by atoms with Gasteiger partial charge in [-0.05, 0) is 12.0 Å². The molecule has 176 valence electrons. The van der Waals surface area contributed by atoms with E-state index >= 15 is 0 Å². The van der Waals surface area contributed by atoms with Crippen LogP contribution in [-0.4, -0.2) is 75.5 Å². The molecule has 0 radical (unpaired) electrons. The third-order valence-electron chi connectivity index (χ3n) is 4.26. The number of rotatable bonds is 13. The van der Waals surface area contributed by atoms with Gasteiger partial charge in [0.05, 0.1) is 12.5 Å². The molecule has 4 atom stereocenters. The molecule has 0 bridgehead atoms. The first kappa shape index (κ1) is 27.3. The molecular formula is C19H26N4O7S2. The first-order valence-electron chi connectivity index (χ1n) is 9.46. The van der Waals surface area contributed by atoms with Crippen molar-refractivity contribution < 1.29 is 34.2 Å². The molecule has 1 rings (SSSR count). The highest BCUT2D eigenvalue weighted by Crippen LogP contribution is 2.04. The molecule has 3 amide bonds. The molecular weight excluding hydrogens is 460 g/mol. The Labute approximate surface area is 195 Å². The van der Waals surface area contributed by atoms with Crippen molar-refractivity contribution in [3.8, 4) is 0 Å². The minimum Gasteiger partial charge on any atom is -0.481 e. The molecule has 0 fully saturated rings. The van der Waals surface area contributed by atoms with Gasteiger partial charge >= 0.3 is 11.9 Å². The van der Waals surface area contributed by atoms with Crippen LogP contribution in [0.1, 0.15) is 12.0 Å². The fourth-order valence-electron chi connectivity index (χ4n) is 2.55. The summed E-state index contributed by atoms with van der Waals surface area (Å²) in [6.07, 6.45) is -0.596. The summed E-state index contributed by atoms with van der Waals surface area (Å²) in [4.78, 5) is 59.5. The summed E-state index contributed by atoms with van der Waals surface area (Å²) in [7, 11) is 0. The van der Waals surface area contributed by atoms with Gasteiger partial charge in [0.1, 0.15) is 18.1 Å². The summed E-state index contributed by atoms with van der Waals surface area (Å²) in [6, 6.07) is 3.73. The minimum atomic E-state index is -1.52. The fourth-order valence-corrected chi connectivity index (χ4v) is 3.05. The zero-order chi connectivity index (χ0) is 24.3. The molecule has 32 heavy (non-hydrogen) atoms. The van der Waals surface area contributed by atoms with Gasteiger partial charge in [-0.2, -0.15) is 25.3 Å². The van der Waals surface area contributed by atoms with Crippen molar-refractivity contribution in [3.63, 3.8) is 0 Å². The summed E-state index contributed by atoms with van der Waals surface area (Å²) in [6.45, 7) is 0. The quantitative estimate of drug-likeness (QED) is 0.154. The van der Waals surface area contributed by atoms with Gasteiger partial charge in [0.15, 0.2) is 0 Å². The summed E-state index contributed by atoms with van der Waals surface area (Å²) >= 11 is 7.80. The molecule has 1 aromatic carbocycles. The predicted molar refractivity (Wildman–Crippen MR) is 122 cm³/mol. The molecule has 0 heterocycles. The van der Waals surface area contributed by atoms with E-state index < -0.39 is 60.2 Å². The van der Waals surface area contributed by atoms with Crippen molar-refractivity contribution in [1.29, 1.82) is 0 Å². The maximum absolute atomic E-state index is 12.6. The van der Waals surface area contributed by atoms with E-state index in [0.29, 0.717) is 0 Å². The average Bonchev–Trinajstić information content (AvgIpc) is 2.74. The van der Waals surface area contributed by atoms with Crippen LogP contribution in [0, 0.1) is 0 Å². The lowest BCUT2D eigenvalue weighted by molar-refractivity contribution is -0.142. The smallest absolute Gasteiger partial charge is 0.327 e. The number of nitrogens with two attached hydrogens (primary N) is 1. The van der Waals surface area contributed by atoms with E-state index in [1.165, 1.54) is 0 Å². The number of hydrogen-bond donors (Lipinski definition) is 8. The molecule has 0 saturated carbocycles. The summed E-state index contributed by atoms with van der Waals surface area (Å²) in [5.74, 6) is -5.64. The third kappa shape index (κ3) is 9.16. The van der Waals surface area contributed by atoms with Crippen LogP contribution in [0.15, 0.2) is 30.3 Å². The molecule has 11 nitrogen and oxygen atoms in total. The maximum atomic E-state index is 12.6. The number of carbonyl (C=O) groups excluding carboxylic acids is 3. The van der Waals surface area contributed by atoms with E-state index in [4.69, 9.17) is 15.9 Å². The highest BCUT2D eigenvalue weighted by Gasteiger charge is 2.30. The lowest BCUT2D eigenvalue weighted by Crippen LogP contribution is -2.58. The summed E-state index contributed by atoms with van der Waals surface area (Å²) in [5.41, 5.74) is 6.65. The van der Waals surface area contributed by atoms with Crippen molar-refractivity contribution in [2.24, 2.45) is 5.73 Å². The van der Waals surface area contributed by atoms with Crippen LogP contribution in [0.4, 0.5) is 0 Å². The average molecular weight is 487 g/mol. The molecule has 0 aliphatic heterocycles. The second-order valence-corrected chi connectivity index (χ2v) is 7.51. The summed E-state index contributed by atoms with van der Waals surface area (Å²) in [5, 5.41) is 24.9. The van der Waals surface area contributed by atoms with Crippen molar-refractivity contribution in [1.82, 2.24) is 16.0 Å². The number of carboxylic acids is 2. The number of aliphatic carboxylic acids is 2. The van der Waals surface area contributed by atoms with Gasteiger partial charge < -0.3 is 31.9 Å². The van der Waals surface area contributed by atoms with E-state index in [-0.39, 0.29) is 17.9 Å². The Morgan fingerprint density at radius 3 is 1.81 bits per heavy atom. The number of benzene rings is 1. The molecule has 4 unspecified atom stereocenters. The zero-order valence-corrected chi connectivity index (χ0v) is 18.7.